The van der Waals surface area contributed by atoms with E-state index in [1.54, 1.807) is 23.7 Å². The highest BCUT2D eigenvalue weighted by molar-refractivity contribution is 7.89. The fourth-order valence-corrected chi connectivity index (χ4v) is 3.32. The molecule has 18 heavy (non-hydrogen) atoms. The number of nitrogens with two attached hydrogens (primary N) is 1. The van der Waals surface area contributed by atoms with Gasteiger partial charge >= 0.3 is 0 Å². The third kappa shape index (κ3) is 2.53. The lowest BCUT2D eigenvalue weighted by Gasteiger charge is -2.17. The number of rotatable bonds is 4. The van der Waals surface area contributed by atoms with Crippen LogP contribution in [0.4, 0.5) is 5.69 Å². The van der Waals surface area contributed by atoms with Crippen molar-refractivity contribution in [3.05, 3.63) is 40.8 Å². The van der Waals surface area contributed by atoms with E-state index in [1.165, 1.54) is 28.8 Å². The second-order valence-corrected chi connectivity index (χ2v) is 6.51. The highest BCUT2D eigenvalue weighted by Gasteiger charge is 2.23. The molecule has 0 unspecified atom stereocenters. The van der Waals surface area contributed by atoms with Crippen LogP contribution in [0.5, 0.6) is 0 Å². The Morgan fingerprint density at radius 1 is 1.39 bits per heavy atom. The molecule has 1 aromatic heterocycles. The minimum absolute atomic E-state index is 0.128. The third-order valence-corrected chi connectivity index (χ3v) is 4.99. The summed E-state index contributed by atoms with van der Waals surface area (Å²) in [5, 5.41) is 1.82. The van der Waals surface area contributed by atoms with Gasteiger partial charge in [-0.3, -0.25) is 0 Å². The molecule has 2 aromatic rings. The SMILES string of the molecule is CN(Cc1cscn1)S(=O)(=O)c1ccccc1N. The predicted octanol–water partition coefficient (Wildman–Crippen LogP) is 1.55. The summed E-state index contributed by atoms with van der Waals surface area (Å²) in [4.78, 5) is 4.19. The monoisotopic (exact) mass is 283 g/mol. The van der Waals surface area contributed by atoms with Crippen molar-refractivity contribution in [1.29, 1.82) is 0 Å². The van der Waals surface area contributed by atoms with E-state index >= 15 is 0 Å². The minimum atomic E-state index is -3.57. The summed E-state index contributed by atoms with van der Waals surface area (Å²) in [7, 11) is -2.06. The van der Waals surface area contributed by atoms with Crippen LogP contribution in [0.15, 0.2) is 40.1 Å². The first kappa shape index (κ1) is 13.0. The number of thiazole rings is 1. The van der Waals surface area contributed by atoms with E-state index in [-0.39, 0.29) is 17.1 Å². The average Bonchev–Trinajstić information content (AvgIpc) is 2.82. The number of hydrogen-bond acceptors (Lipinski definition) is 5. The molecule has 0 aliphatic rings. The molecule has 1 heterocycles. The molecule has 0 radical (unpaired) electrons. The smallest absolute Gasteiger partial charge is 0.245 e. The number of aromatic nitrogens is 1. The molecule has 0 aliphatic heterocycles. The Morgan fingerprint density at radius 3 is 2.72 bits per heavy atom. The van der Waals surface area contributed by atoms with E-state index in [9.17, 15) is 8.42 Å². The fourth-order valence-electron chi connectivity index (χ4n) is 1.51. The van der Waals surface area contributed by atoms with Crippen LogP contribution in [0, 0.1) is 0 Å². The number of sulfonamides is 1. The molecule has 7 heteroatoms. The molecule has 0 bridgehead atoms. The number of benzene rings is 1. The minimum Gasteiger partial charge on any atom is -0.398 e. The Morgan fingerprint density at radius 2 is 2.11 bits per heavy atom. The lowest BCUT2D eigenvalue weighted by molar-refractivity contribution is 0.463. The Hall–Kier alpha value is -1.44. The van der Waals surface area contributed by atoms with Gasteiger partial charge in [0.15, 0.2) is 0 Å². The Bertz CT molecular complexity index is 623. The molecule has 5 nitrogen and oxygen atoms in total. The highest BCUT2D eigenvalue weighted by atomic mass is 32.2. The van der Waals surface area contributed by atoms with Crippen molar-refractivity contribution < 1.29 is 8.42 Å². The lowest BCUT2D eigenvalue weighted by Crippen LogP contribution is -2.27. The van der Waals surface area contributed by atoms with Crippen molar-refractivity contribution in [3.8, 4) is 0 Å². The van der Waals surface area contributed by atoms with Gasteiger partial charge in [0.1, 0.15) is 4.90 Å². The zero-order valence-corrected chi connectivity index (χ0v) is 11.4. The zero-order valence-electron chi connectivity index (χ0n) is 9.78. The van der Waals surface area contributed by atoms with Gasteiger partial charge in [-0.15, -0.1) is 11.3 Å². The summed E-state index contributed by atoms with van der Waals surface area (Å²) < 4.78 is 25.8. The molecule has 0 amide bonds. The quantitative estimate of drug-likeness (QED) is 0.864. The molecule has 0 aliphatic carbocycles. The lowest BCUT2D eigenvalue weighted by atomic mass is 10.3. The topological polar surface area (TPSA) is 76.3 Å². The molecular formula is C11H13N3O2S2. The van der Waals surface area contributed by atoms with Crippen molar-refractivity contribution in [2.75, 3.05) is 12.8 Å². The number of nitrogen functional groups attached to an aromatic ring is 1. The molecule has 0 fully saturated rings. The van der Waals surface area contributed by atoms with Crippen LogP contribution in [-0.4, -0.2) is 24.8 Å². The molecule has 96 valence electrons. The van der Waals surface area contributed by atoms with Crippen LogP contribution in [0.2, 0.25) is 0 Å². The van der Waals surface area contributed by atoms with Crippen molar-refractivity contribution in [3.63, 3.8) is 0 Å². The molecule has 2 rings (SSSR count). The van der Waals surface area contributed by atoms with Crippen LogP contribution >= 0.6 is 11.3 Å². The van der Waals surface area contributed by atoms with Gasteiger partial charge in [-0.1, -0.05) is 12.1 Å². The first-order valence-corrected chi connectivity index (χ1v) is 7.58. The maximum Gasteiger partial charge on any atom is 0.245 e. The van der Waals surface area contributed by atoms with Gasteiger partial charge in [-0.25, -0.2) is 13.4 Å². The Balaban J connectivity index is 2.29. The van der Waals surface area contributed by atoms with Gasteiger partial charge in [0.2, 0.25) is 10.0 Å². The van der Waals surface area contributed by atoms with E-state index in [0.29, 0.717) is 0 Å². The third-order valence-electron chi connectivity index (χ3n) is 2.48. The molecule has 1 aromatic carbocycles. The van der Waals surface area contributed by atoms with Crippen molar-refractivity contribution >= 4 is 27.0 Å². The van der Waals surface area contributed by atoms with Gasteiger partial charge in [-0.05, 0) is 12.1 Å². The number of para-hydroxylation sites is 1. The van der Waals surface area contributed by atoms with Gasteiger partial charge in [-0.2, -0.15) is 4.31 Å². The van der Waals surface area contributed by atoms with Gasteiger partial charge < -0.3 is 5.73 Å². The van der Waals surface area contributed by atoms with Gasteiger partial charge in [0, 0.05) is 12.4 Å². The molecule has 0 saturated carbocycles. The van der Waals surface area contributed by atoms with E-state index in [1.807, 2.05) is 5.38 Å². The maximum atomic E-state index is 12.3. The number of nitrogens with zero attached hydrogens (tertiary/aromatic N) is 2. The second kappa shape index (κ2) is 5.05. The molecule has 0 spiro atoms. The predicted molar refractivity (Wildman–Crippen MR) is 71.6 cm³/mol. The van der Waals surface area contributed by atoms with E-state index in [4.69, 9.17) is 5.73 Å². The molecule has 2 N–H and O–H groups in total. The first-order chi connectivity index (χ1) is 8.51. The van der Waals surface area contributed by atoms with E-state index in [0.717, 1.165) is 5.69 Å². The summed E-state index contributed by atoms with van der Waals surface area (Å²) in [6.07, 6.45) is 0. The van der Waals surface area contributed by atoms with Crippen LogP contribution in [0.3, 0.4) is 0 Å². The number of hydrogen-bond donors (Lipinski definition) is 1. The van der Waals surface area contributed by atoms with Crippen LogP contribution < -0.4 is 5.73 Å². The van der Waals surface area contributed by atoms with Gasteiger partial charge in [0.05, 0.1) is 23.4 Å². The van der Waals surface area contributed by atoms with Crippen molar-refractivity contribution in [2.45, 2.75) is 11.4 Å². The average molecular weight is 283 g/mol. The molecule has 0 atom stereocenters. The van der Waals surface area contributed by atoms with Crippen molar-refractivity contribution in [1.82, 2.24) is 9.29 Å². The van der Waals surface area contributed by atoms with E-state index < -0.39 is 10.0 Å². The zero-order chi connectivity index (χ0) is 13.2. The van der Waals surface area contributed by atoms with Gasteiger partial charge in [0.25, 0.3) is 0 Å². The van der Waals surface area contributed by atoms with E-state index in [2.05, 4.69) is 4.98 Å². The summed E-state index contributed by atoms with van der Waals surface area (Å²) in [6.45, 7) is 0.236. The standard InChI is InChI=1S/C11H13N3O2S2/c1-14(6-9-7-17-8-13-9)18(15,16)11-5-3-2-4-10(11)12/h2-5,7-8H,6,12H2,1H3. The fraction of sp³-hybridized carbons (Fsp3) is 0.182. The van der Waals surface area contributed by atoms with Crippen LogP contribution in [0.1, 0.15) is 5.69 Å². The molecule has 0 saturated heterocycles. The summed E-state index contributed by atoms with van der Waals surface area (Å²) >= 11 is 1.43. The summed E-state index contributed by atoms with van der Waals surface area (Å²) in [6, 6.07) is 6.43. The largest absolute Gasteiger partial charge is 0.398 e. The highest BCUT2D eigenvalue weighted by Crippen LogP contribution is 2.22. The normalized spacial score (nSPS) is 11.9. The molecular weight excluding hydrogens is 270 g/mol. The van der Waals surface area contributed by atoms with Crippen LogP contribution in [0.25, 0.3) is 0 Å². The summed E-state index contributed by atoms with van der Waals surface area (Å²) in [5.41, 5.74) is 8.35. The maximum absolute atomic E-state index is 12.3. The Labute approximate surface area is 110 Å². The van der Waals surface area contributed by atoms with Crippen molar-refractivity contribution in [2.24, 2.45) is 0 Å². The number of anilines is 1. The second-order valence-electron chi connectivity index (χ2n) is 3.78. The Kier molecular flexibility index (Phi) is 3.65. The first-order valence-electron chi connectivity index (χ1n) is 5.19. The van der Waals surface area contributed by atoms with Crippen LogP contribution in [-0.2, 0) is 16.6 Å². The summed E-state index contributed by atoms with van der Waals surface area (Å²) in [5.74, 6) is 0.